The van der Waals surface area contributed by atoms with Crippen LogP contribution in [-0.4, -0.2) is 17.1 Å². The predicted octanol–water partition coefficient (Wildman–Crippen LogP) is 3.38. The van der Waals surface area contributed by atoms with Gasteiger partial charge in [-0.3, -0.25) is 0 Å². The summed E-state index contributed by atoms with van der Waals surface area (Å²) in [5.41, 5.74) is 10.5. The third-order valence-corrected chi connectivity index (χ3v) is 3.58. The molecule has 0 radical (unpaired) electrons. The number of aromatic nitrogens is 2. The Morgan fingerprint density at radius 3 is 2.57 bits per heavy atom. The number of hydrogen-bond donors (Lipinski definition) is 2. The highest BCUT2D eigenvalue weighted by molar-refractivity contribution is 5.69. The molecule has 0 atom stereocenters. The van der Waals surface area contributed by atoms with Crippen LogP contribution < -0.4 is 10.5 Å². The van der Waals surface area contributed by atoms with Gasteiger partial charge in [0.05, 0.1) is 19.0 Å². The smallest absolute Gasteiger partial charge is 0.197 e. The van der Waals surface area contributed by atoms with Crippen molar-refractivity contribution in [2.45, 2.75) is 6.92 Å². The summed E-state index contributed by atoms with van der Waals surface area (Å²) in [4.78, 5) is 7.09. The van der Waals surface area contributed by atoms with Crippen LogP contribution in [0.2, 0.25) is 0 Å². The Kier molecular flexibility index (Phi) is 4.03. The third-order valence-electron chi connectivity index (χ3n) is 3.58. The van der Waals surface area contributed by atoms with E-state index in [1.165, 1.54) is 0 Å². The molecule has 4 nitrogen and oxygen atoms in total. The fourth-order valence-electron chi connectivity index (χ4n) is 2.34. The van der Waals surface area contributed by atoms with Gasteiger partial charge in [-0.1, -0.05) is 30.0 Å². The zero-order valence-electron chi connectivity index (χ0n) is 13.1. The third kappa shape index (κ3) is 3.19. The molecule has 0 bridgehead atoms. The van der Waals surface area contributed by atoms with Crippen molar-refractivity contribution in [3.8, 4) is 28.8 Å². The molecule has 2 aromatic carbocycles. The van der Waals surface area contributed by atoms with Crippen molar-refractivity contribution in [3.63, 3.8) is 0 Å². The van der Waals surface area contributed by atoms with Gasteiger partial charge in [0.1, 0.15) is 5.75 Å². The summed E-state index contributed by atoms with van der Waals surface area (Å²) in [5.74, 6) is 7.69. The molecule has 0 fully saturated rings. The van der Waals surface area contributed by atoms with E-state index in [0.717, 1.165) is 33.7 Å². The van der Waals surface area contributed by atoms with E-state index in [0.29, 0.717) is 5.95 Å². The number of aryl methyl sites for hydroxylation is 1. The van der Waals surface area contributed by atoms with Gasteiger partial charge in [0.2, 0.25) is 0 Å². The normalized spacial score (nSPS) is 10.0. The van der Waals surface area contributed by atoms with Gasteiger partial charge in [-0.2, -0.15) is 0 Å². The number of anilines is 1. The van der Waals surface area contributed by atoms with Crippen LogP contribution >= 0.6 is 0 Å². The Labute approximate surface area is 135 Å². The largest absolute Gasteiger partial charge is 0.497 e. The summed E-state index contributed by atoms with van der Waals surface area (Å²) in [6, 6.07) is 13.8. The second-order valence-corrected chi connectivity index (χ2v) is 5.16. The monoisotopic (exact) mass is 303 g/mol. The minimum atomic E-state index is 0.397. The molecule has 114 valence electrons. The van der Waals surface area contributed by atoms with Gasteiger partial charge in [0.25, 0.3) is 0 Å². The van der Waals surface area contributed by atoms with Gasteiger partial charge < -0.3 is 15.5 Å². The Balaban J connectivity index is 1.99. The molecule has 1 heterocycles. The number of hydrogen-bond acceptors (Lipinski definition) is 3. The molecule has 3 aromatic rings. The number of benzene rings is 2. The predicted molar refractivity (Wildman–Crippen MR) is 92.1 cm³/mol. The number of nitrogens with zero attached hydrogens (tertiary/aromatic N) is 1. The Morgan fingerprint density at radius 2 is 1.87 bits per heavy atom. The summed E-state index contributed by atoms with van der Waals surface area (Å²) in [5, 5.41) is 0. The highest BCUT2D eigenvalue weighted by atomic mass is 16.5. The van der Waals surface area contributed by atoms with Crippen LogP contribution in [0.4, 0.5) is 5.95 Å². The highest BCUT2D eigenvalue weighted by Crippen LogP contribution is 2.22. The second-order valence-electron chi connectivity index (χ2n) is 5.16. The number of H-pyrrole nitrogens is 1. The van der Waals surface area contributed by atoms with Crippen LogP contribution in [0, 0.1) is 18.8 Å². The van der Waals surface area contributed by atoms with Crippen molar-refractivity contribution in [2.24, 2.45) is 0 Å². The van der Waals surface area contributed by atoms with Crippen LogP contribution in [0.3, 0.4) is 0 Å². The molecule has 1 aromatic heterocycles. The molecule has 3 rings (SSSR count). The van der Waals surface area contributed by atoms with Gasteiger partial charge in [0, 0.05) is 16.7 Å². The standard InChI is InChI=1S/C19H17N3O/c1-13-11-16(23-2)10-9-14(13)7-8-15-5-3-4-6-17(15)18-12-21-19(20)22-18/h3-6,9-12H,1-2H3,(H3,20,21,22). The highest BCUT2D eigenvalue weighted by Gasteiger charge is 2.05. The van der Waals surface area contributed by atoms with E-state index in [9.17, 15) is 0 Å². The summed E-state index contributed by atoms with van der Waals surface area (Å²) in [7, 11) is 1.66. The van der Waals surface area contributed by atoms with Gasteiger partial charge in [0.15, 0.2) is 5.95 Å². The van der Waals surface area contributed by atoms with Crippen LogP contribution in [-0.2, 0) is 0 Å². The zero-order valence-corrected chi connectivity index (χ0v) is 13.1. The van der Waals surface area contributed by atoms with Crippen molar-refractivity contribution in [1.29, 1.82) is 0 Å². The molecule has 0 unspecified atom stereocenters. The van der Waals surface area contributed by atoms with Crippen molar-refractivity contribution >= 4 is 5.95 Å². The first-order valence-electron chi connectivity index (χ1n) is 7.24. The average molecular weight is 303 g/mol. The molecule has 0 aliphatic rings. The number of imidazole rings is 1. The fourth-order valence-corrected chi connectivity index (χ4v) is 2.34. The number of rotatable bonds is 2. The molecule has 0 saturated heterocycles. The lowest BCUT2D eigenvalue weighted by atomic mass is 10.0. The van der Waals surface area contributed by atoms with Crippen molar-refractivity contribution in [3.05, 3.63) is 65.4 Å². The van der Waals surface area contributed by atoms with Crippen LogP contribution in [0.5, 0.6) is 5.75 Å². The number of ether oxygens (including phenoxy) is 1. The Hall–Kier alpha value is -3.19. The van der Waals surface area contributed by atoms with E-state index in [4.69, 9.17) is 10.5 Å². The number of nitrogens with one attached hydrogen (secondary N) is 1. The van der Waals surface area contributed by atoms with Gasteiger partial charge in [-0.15, -0.1) is 0 Å². The van der Waals surface area contributed by atoms with E-state index >= 15 is 0 Å². The average Bonchev–Trinajstić information content (AvgIpc) is 3.00. The van der Waals surface area contributed by atoms with E-state index in [1.807, 2.05) is 49.4 Å². The first-order valence-corrected chi connectivity index (χ1v) is 7.24. The van der Waals surface area contributed by atoms with E-state index in [1.54, 1.807) is 13.3 Å². The van der Waals surface area contributed by atoms with E-state index in [-0.39, 0.29) is 0 Å². The van der Waals surface area contributed by atoms with Gasteiger partial charge in [-0.05, 0) is 36.8 Å². The molecule has 0 spiro atoms. The summed E-state index contributed by atoms with van der Waals surface area (Å²) in [6.07, 6.45) is 1.72. The summed E-state index contributed by atoms with van der Waals surface area (Å²) >= 11 is 0. The molecule has 23 heavy (non-hydrogen) atoms. The van der Waals surface area contributed by atoms with E-state index < -0.39 is 0 Å². The van der Waals surface area contributed by atoms with Crippen LogP contribution in [0.25, 0.3) is 11.3 Å². The lowest BCUT2D eigenvalue weighted by Crippen LogP contribution is -1.88. The maximum absolute atomic E-state index is 5.66. The molecule has 0 aliphatic carbocycles. The molecule has 0 saturated carbocycles. The Morgan fingerprint density at radius 1 is 1.09 bits per heavy atom. The van der Waals surface area contributed by atoms with Crippen molar-refractivity contribution in [2.75, 3.05) is 12.8 Å². The van der Waals surface area contributed by atoms with Crippen LogP contribution in [0.1, 0.15) is 16.7 Å². The first-order chi connectivity index (χ1) is 11.2. The van der Waals surface area contributed by atoms with Crippen LogP contribution in [0.15, 0.2) is 48.7 Å². The van der Waals surface area contributed by atoms with Gasteiger partial charge in [-0.25, -0.2) is 4.98 Å². The molecule has 3 N–H and O–H groups in total. The van der Waals surface area contributed by atoms with E-state index in [2.05, 4.69) is 21.8 Å². The first kappa shape index (κ1) is 14.7. The fraction of sp³-hybridized carbons (Fsp3) is 0.105. The Bertz CT molecular complexity index is 900. The topological polar surface area (TPSA) is 63.9 Å². The molecule has 4 heteroatoms. The maximum Gasteiger partial charge on any atom is 0.197 e. The minimum Gasteiger partial charge on any atom is -0.497 e. The molecule has 0 aliphatic heterocycles. The van der Waals surface area contributed by atoms with Gasteiger partial charge >= 0.3 is 0 Å². The SMILES string of the molecule is COc1ccc(C#Cc2ccccc2-c2cnc(N)[nH]2)c(C)c1. The van der Waals surface area contributed by atoms with Crippen molar-refractivity contribution < 1.29 is 4.74 Å². The molecule has 0 amide bonds. The summed E-state index contributed by atoms with van der Waals surface area (Å²) < 4.78 is 5.22. The number of nitrogens with two attached hydrogens (primary N) is 1. The molecular weight excluding hydrogens is 286 g/mol. The number of nitrogen functional groups attached to an aromatic ring is 1. The number of aromatic amines is 1. The zero-order chi connectivity index (χ0) is 16.2. The minimum absolute atomic E-state index is 0.397. The maximum atomic E-state index is 5.66. The number of methoxy groups -OCH3 is 1. The lowest BCUT2D eigenvalue weighted by molar-refractivity contribution is 0.414. The quantitative estimate of drug-likeness (QED) is 0.713. The summed E-state index contributed by atoms with van der Waals surface area (Å²) in [6.45, 7) is 2.02. The lowest BCUT2D eigenvalue weighted by Gasteiger charge is -2.03. The second kappa shape index (κ2) is 6.29. The molecular formula is C19H17N3O. The van der Waals surface area contributed by atoms with Crippen molar-refractivity contribution in [1.82, 2.24) is 9.97 Å².